The lowest BCUT2D eigenvalue weighted by Crippen LogP contribution is -2.60. The van der Waals surface area contributed by atoms with Gasteiger partial charge in [0, 0.05) is 16.5 Å². The maximum Gasteiger partial charge on any atom is 0.0701 e. The second-order valence-electron chi connectivity index (χ2n) is 6.22. The summed E-state index contributed by atoms with van der Waals surface area (Å²) in [7, 11) is 4.39. The van der Waals surface area contributed by atoms with Gasteiger partial charge < -0.3 is 10.6 Å². The maximum absolute atomic E-state index is 6.64. The maximum atomic E-state index is 6.64. The Kier molecular flexibility index (Phi) is 5.09. The van der Waals surface area contributed by atoms with Crippen LogP contribution in [0.15, 0.2) is 15.9 Å². The number of hydrogen-bond donors (Lipinski definition) is 1. The summed E-state index contributed by atoms with van der Waals surface area (Å²) in [5.74, 6) is 0.789. The van der Waals surface area contributed by atoms with Gasteiger partial charge in [0.25, 0.3) is 0 Å². The van der Waals surface area contributed by atoms with Crippen LogP contribution >= 0.6 is 27.3 Å². The van der Waals surface area contributed by atoms with E-state index in [0.29, 0.717) is 0 Å². The molecule has 1 fully saturated rings. The van der Waals surface area contributed by atoms with Crippen LogP contribution in [0.25, 0.3) is 0 Å². The molecule has 1 aliphatic rings. The summed E-state index contributed by atoms with van der Waals surface area (Å²) in [6, 6.07) is 4.54. The van der Waals surface area contributed by atoms with Gasteiger partial charge in [0.05, 0.1) is 3.79 Å². The van der Waals surface area contributed by atoms with Gasteiger partial charge in [0.15, 0.2) is 0 Å². The van der Waals surface area contributed by atoms with Gasteiger partial charge in [-0.3, -0.25) is 0 Å². The Balaban J connectivity index is 2.14. The van der Waals surface area contributed by atoms with Gasteiger partial charge in [-0.1, -0.05) is 19.8 Å². The van der Waals surface area contributed by atoms with Crippen LogP contribution in [-0.2, 0) is 6.42 Å². The first kappa shape index (κ1) is 15.5. The number of thiophene rings is 1. The van der Waals surface area contributed by atoms with Crippen molar-refractivity contribution >= 4 is 27.3 Å². The fraction of sp³-hybridized carbons (Fsp3) is 0.733. The summed E-state index contributed by atoms with van der Waals surface area (Å²) in [6.45, 7) is 2.37. The summed E-state index contributed by atoms with van der Waals surface area (Å²) in [6.07, 6.45) is 6.11. The fourth-order valence-corrected chi connectivity index (χ4v) is 5.05. The van der Waals surface area contributed by atoms with E-state index in [1.54, 1.807) is 0 Å². The molecule has 108 valence electrons. The average Bonchev–Trinajstić information content (AvgIpc) is 2.74. The van der Waals surface area contributed by atoms with E-state index < -0.39 is 0 Å². The summed E-state index contributed by atoms with van der Waals surface area (Å²) in [4.78, 5) is 3.77. The van der Waals surface area contributed by atoms with Gasteiger partial charge in [-0.2, -0.15) is 0 Å². The summed E-state index contributed by atoms with van der Waals surface area (Å²) >= 11 is 5.35. The molecule has 0 saturated heterocycles. The van der Waals surface area contributed by atoms with Crippen molar-refractivity contribution in [1.29, 1.82) is 0 Å². The van der Waals surface area contributed by atoms with E-state index in [1.165, 1.54) is 34.3 Å². The smallest absolute Gasteiger partial charge is 0.0701 e. The molecule has 1 aromatic rings. The number of halogens is 1. The van der Waals surface area contributed by atoms with Gasteiger partial charge in [-0.05, 0) is 67.3 Å². The fourth-order valence-electron chi connectivity index (χ4n) is 3.51. The van der Waals surface area contributed by atoms with Crippen molar-refractivity contribution in [3.8, 4) is 0 Å². The van der Waals surface area contributed by atoms with E-state index in [4.69, 9.17) is 5.73 Å². The van der Waals surface area contributed by atoms with Crippen molar-refractivity contribution in [2.24, 2.45) is 11.7 Å². The molecule has 1 aliphatic carbocycles. The summed E-state index contributed by atoms with van der Waals surface area (Å²) in [5.41, 5.74) is 6.81. The van der Waals surface area contributed by atoms with E-state index in [1.807, 2.05) is 11.3 Å². The average molecular weight is 345 g/mol. The predicted octanol–water partition coefficient (Wildman–Crippen LogP) is 3.89. The Morgan fingerprint density at radius 3 is 2.79 bits per heavy atom. The van der Waals surface area contributed by atoms with E-state index in [9.17, 15) is 0 Å². The zero-order valence-corrected chi connectivity index (χ0v) is 14.6. The second kappa shape index (κ2) is 6.25. The van der Waals surface area contributed by atoms with Crippen LogP contribution < -0.4 is 5.73 Å². The Morgan fingerprint density at radius 2 is 2.26 bits per heavy atom. The summed E-state index contributed by atoms with van der Waals surface area (Å²) < 4.78 is 1.20. The Hall–Kier alpha value is 0.1000. The molecule has 1 aromatic heterocycles. The monoisotopic (exact) mass is 344 g/mol. The first-order valence-electron chi connectivity index (χ1n) is 7.11. The highest BCUT2D eigenvalue weighted by molar-refractivity contribution is 9.11. The molecule has 0 bridgehead atoms. The highest BCUT2D eigenvalue weighted by Crippen LogP contribution is 2.39. The van der Waals surface area contributed by atoms with Crippen molar-refractivity contribution in [3.05, 3.63) is 20.8 Å². The summed E-state index contributed by atoms with van der Waals surface area (Å²) in [5, 5.41) is 0. The lowest BCUT2D eigenvalue weighted by molar-refractivity contribution is 0.0506. The minimum absolute atomic E-state index is 0.175. The largest absolute Gasteiger partial charge is 0.326 e. The van der Waals surface area contributed by atoms with Crippen molar-refractivity contribution in [1.82, 2.24) is 4.90 Å². The van der Waals surface area contributed by atoms with Gasteiger partial charge in [0.1, 0.15) is 0 Å². The normalized spacial score (nSPS) is 29.7. The van der Waals surface area contributed by atoms with Gasteiger partial charge >= 0.3 is 0 Å². The van der Waals surface area contributed by atoms with Crippen LogP contribution in [0.1, 0.15) is 37.5 Å². The highest BCUT2D eigenvalue weighted by Gasteiger charge is 2.41. The minimum atomic E-state index is 0.175. The molecule has 2 rings (SSSR count). The third-order valence-electron chi connectivity index (χ3n) is 4.64. The Morgan fingerprint density at radius 1 is 1.53 bits per heavy atom. The third-order valence-corrected chi connectivity index (χ3v) is 6.29. The molecule has 3 unspecified atom stereocenters. The number of hydrogen-bond acceptors (Lipinski definition) is 3. The van der Waals surface area contributed by atoms with Gasteiger partial charge in [-0.25, -0.2) is 0 Å². The first-order valence-corrected chi connectivity index (χ1v) is 8.72. The van der Waals surface area contributed by atoms with Crippen LogP contribution in [0.4, 0.5) is 0 Å². The molecule has 0 aromatic carbocycles. The molecule has 1 saturated carbocycles. The number of rotatable bonds is 4. The van der Waals surface area contributed by atoms with E-state index >= 15 is 0 Å². The quantitative estimate of drug-likeness (QED) is 0.897. The molecule has 0 radical (unpaired) electrons. The molecule has 2 nitrogen and oxygen atoms in total. The van der Waals surface area contributed by atoms with Crippen LogP contribution in [0.5, 0.6) is 0 Å². The molecule has 0 spiro atoms. The third kappa shape index (κ3) is 3.41. The Bertz CT molecular complexity index is 418. The van der Waals surface area contributed by atoms with Crippen molar-refractivity contribution < 1.29 is 0 Å². The second-order valence-corrected chi connectivity index (χ2v) is 8.76. The van der Waals surface area contributed by atoms with Crippen LogP contribution in [0.3, 0.4) is 0 Å². The van der Waals surface area contributed by atoms with Crippen LogP contribution in [0, 0.1) is 5.92 Å². The van der Waals surface area contributed by atoms with Crippen LogP contribution in [-0.4, -0.2) is 30.6 Å². The first-order chi connectivity index (χ1) is 8.94. The molecular formula is C15H25BrN2S. The highest BCUT2D eigenvalue weighted by atomic mass is 79.9. The van der Waals surface area contributed by atoms with Crippen molar-refractivity contribution in [2.75, 3.05) is 14.1 Å². The van der Waals surface area contributed by atoms with E-state index in [0.717, 1.165) is 12.3 Å². The Labute approximate surface area is 129 Å². The molecule has 19 heavy (non-hydrogen) atoms. The van der Waals surface area contributed by atoms with Gasteiger partial charge in [0.2, 0.25) is 0 Å². The van der Waals surface area contributed by atoms with Crippen LogP contribution in [0.2, 0.25) is 0 Å². The molecule has 4 heteroatoms. The molecule has 0 amide bonds. The molecule has 2 N–H and O–H groups in total. The van der Waals surface area contributed by atoms with E-state index in [2.05, 4.69) is 54.0 Å². The van der Waals surface area contributed by atoms with Crippen molar-refractivity contribution in [3.63, 3.8) is 0 Å². The topological polar surface area (TPSA) is 29.3 Å². The number of nitrogens with zero attached hydrogens (tertiary/aromatic N) is 1. The molecule has 3 atom stereocenters. The lowest BCUT2D eigenvalue weighted by Gasteiger charge is -2.49. The zero-order chi connectivity index (χ0) is 14.0. The SMILES string of the molecule is CC1CCCC(C(N)Cc2ccc(Br)s2)(N(C)C)C1. The number of nitrogens with two attached hydrogens (primary N) is 1. The zero-order valence-electron chi connectivity index (χ0n) is 12.2. The lowest BCUT2D eigenvalue weighted by atomic mass is 9.70. The van der Waals surface area contributed by atoms with Gasteiger partial charge in [-0.15, -0.1) is 11.3 Å². The molecule has 0 aliphatic heterocycles. The number of likely N-dealkylation sites (N-methyl/N-ethyl adjacent to an activating group) is 1. The predicted molar refractivity (Wildman–Crippen MR) is 87.7 cm³/mol. The van der Waals surface area contributed by atoms with Crippen molar-refractivity contribution in [2.45, 2.75) is 50.6 Å². The standard InChI is InChI=1S/C15H25BrN2S/c1-11-5-4-8-15(10-11,18(2)3)13(17)9-12-6-7-14(16)19-12/h6-7,11,13H,4-5,8-10,17H2,1-3H3. The van der Waals surface area contributed by atoms with E-state index in [-0.39, 0.29) is 11.6 Å². The molecular weight excluding hydrogens is 320 g/mol. The molecule has 1 heterocycles. The minimum Gasteiger partial charge on any atom is -0.326 e.